The van der Waals surface area contributed by atoms with Crippen LogP contribution in [-0.4, -0.2) is 31.0 Å². The highest BCUT2D eigenvalue weighted by molar-refractivity contribution is 6.21. The van der Waals surface area contributed by atoms with Gasteiger partial charge in [-0.05, 0) is 36.3 Å². The number of ether oxygens (including phenoxy) is 3. The summed E-state index contributed by atoms with van der Waals surface area (Å²) in [6.45, 7) is 2.07. The first kappa shape index (κ1) is 19.2. The number of esters is 1. The maximum atomic E-state index is 11.8. The summed E-state index contributed by atoms with van der Waals surface area (Å²) in [5.41, 5.74) is 2.57. The molecule has 2 aromatic rings. The second kappa shape index (κ2) is 8.43. The van der Waals surface area contributed by atoms with Gasteiger partial charge in [0.25, 0.3) is 0 Å². The molecule has 0 fully saturated rings. The fraction of sp³-hybridized carbons (Fsp3) is 0.182. The lowest BCUT2D eigenvalue weighted by Crippen LogP contribution is -2.11. The maximum Gasteiger partial charge on any atom is 0.343 e. The molecule has 1 aliphatic heterocycles. The first-order valence-corrected chi connectivity index (χ1v) is 8.67. The normalized spacial score (nSPS) is 14.8. The quantitative estimate of drug-likeness (QED) is 0.766. The third kappa shape index (κ3) is 4.06. The van der Waals surface area contributed by atoms with Crippen LogP contribution in [0.1, 0.15) is 18.1 Å². The van der Waals surface area contributed by atoms with Crippen LogP contribution in [0.2, 0.25) is 0 Å². The van der Waals surface area contributed by atoms with E-state index in [1.807, 2.05) is 36.4 Å². The summed E-state index contributed by atoms with van der Waals surface area (Å²) in [6.07, 6.45) is 1.66. The van der Waals surface area contributed by atoms with Crippen molar-refractivity contribution in [1.29, 1.82) is 0 Å². The highest BCUT2D eigenvalue weighted by Crippen LogP contribution is 2.32. The zero-order chi connectivity index (χ0) is 20.1. The lowest BCUT2D eigenvalue weighted by atomic mass is 10.1. The van der Waals surface area contributed by atoms with Crippen LogP contribution in [0.5, 0.6) is 11.5 Å². The Hall–Kier alpha value is -3.54. The summed E-state index contributed by atoms with van der Waals surface area (Å²) in [4.78, 5) is 16.0. The molecule has 2 aromatic carbocycles. The molecule has 0 aliphatic carbocycles. The maximum absolute atomic E-state index is 11.8. The Morgan fingerprint density at radius 1 is 1.11 bits per heavy atom. The van der Waals surface area contributed by atoms with E-state index in [2.05, 4.69) is 9.73 Å². The van der Waals surface area contributed by atoms with E-state index in [9.17, 15) is 9.90 Å². The van der Waals surface area contributed by atoms with Gasteiger partial charge in [-0.25, -0.2) is 9.79 Å². The second-order valence-electron chi connectivity index (χ2n) is 6.13. The van der Waals surface area contributed by atoms with Crippen LogP contribution in [0.4, 0.5) is 0 Å². The van der Waals surface area contributed by atoms with Gasteiger partial charge >= 0.3 is 5.97 Å². The molecule has 0 atom stereocenters. The minimum absolute atomic E-state index is 0.0727. The zero-order valence-corrected chi connectivity index (χ0v) is 15.9. The summed E-state index contributed by atoms with van der Waals surface area (Å²) in [6, 6.07) is 15.2. The second-order valence-corrected chi connectivity index (χ2v) is 6.13. The predicted octanol–water partition coefficient (Wildman–Crippen LogP) is 4.07. The van der Waals surface area contributed by atoms with Crippen molar-refractivity contribution in [1.82, 2.24) is 0 Å². The van der Waals surface area contributed by atoms with E-state index in [0.29, 0.717) is 23.8 Å². The molecular formula is C22H21NO5. The molecule has 0 saturated carbocycles. The fourth-order valence-corrected chi connectivity index (χ4v) is 2.82. The number of aliphatic imine (C=N–C) groups is 1. The Balaban J connectivity index is 1.83. The van der Waals surface area contributed by atoms with Gasteiger partial charge in [0.2, 0.25) is 0 Å². The van der Waals surface area contributed by atoms with E-state index in [1.54, 1.807) is 32.2 Å². The first-order chi connectivity index (χ1) is 13.5. The Bertz CT molecular complexity index is 974. The van der Waals surface area contributed by atoms with Gasteiger partial charge in [-0.3, -0.25) is 0 Å². The monoisotopic (exact) mass is 379 g/mol. The number of rotatable bonds is 6. The lowest BCUT2D eigenvalue weighted by molar-refractivity contribution is -0.135. The van der Waals surface area contributed by atoms with Crippen LogP contribution >= 0.6 is 0 Å². The van der Waals surface area contributed by atoms with E-state index in [4.69, 9.17) is 9.47 Å². The Morgan fingerprint density at radius 3 is 2.54 bits per heavy atom. The van der Waals surface area contributed by atoms with Crippen molar-refractivity contribution in [3.63, 3.8) is 0 Å². The van der Waals surface area contributed by atoms with Crippen molar-refractivity contribution in [2.75, 3.05) is 14.2 Å². The molecule has 1 heterocycles. The molecule has 0 spiro atoms. The number of nitrogens with zero attached hydrogens (tertiary/aromatic N) is 1. The molecule has 0 bridgehead atoms. The van der Waals surface area contributed by atoms with Gasteiger partial charge in [0, 0.05) is 0 Å². The Morgan fingerprint density at radius 2 is 1.86 bits per heavy atom. The van der Waals surface area contributed by atoms with Gasteiger partial charge in [-0.15, -0.1) is 0 Å². The summed E-state index contributed by atoms with van der Waals surface area (Å²) >= 11 is 0. The van der Waals surface area contributed by atoms with Crippen LogP contribution < -0.4 is 9.47 Å². The van der Waals surface area contributed by atoms with Crippen molar-refractivity contribution >= 4 is 17.8 Å². The van der Waals surface area contributed by atoms with Crippen molar-refractivity contribution in [2.45, 2.75) is 13.5 Å². The van der Waals surface area contributed by atoms with Crippen molar-refractivity contribution in [3.8, 4) is 11.5 Å². The number of hydrogen-bond donors (Lipinski definition) is 1. The Labute approximate surface area is 163 Å². The highest BCUT2D eigenvalue weighted by Gasteiger charge is 2.27. The first-order valence-electron chi connectivity index (χ1n) is 8.67. The number of hydrogen-bond acceptors (Lipinski definition) is 6. The largest absolute Gasteiger partial charge is 0.505 e. The molecule has 0 radical (unpaired) electrons. The van der Waals surface area contributed by atoms with Gasteiger partial charge in [0.15, 0.2) is 17.3 Å². The third-order valence-corrected chi connectivity index (χ3v) is 4.25. The van der Waals surface area contributed by atoms with Gasteiger partial charge in [0.1, 0.15) is 17.9 Å². The minimum Gasteiger partial charge on any atom is -0.505 e. The number of methoxy groups -OCH3 is 2. The smallest absolute Gasteiger partial charge is 0.343 e. The number of aliphatic hydroxyl groups excluding tert-OH is 1. The SMILES string of the molecule is COC(=O)C1=C(O)/C(=C\c2ccc(OCc3ccccc3)c(OC)c2)N=C1C. The molecule has 0 saturated heterocycles. The van der Waals surface area contributed by atoms with Crippen LogP contribution in [0.3, 0.4) is 0 Å². The van der Waals surface area contributed by atoms with Crippen LogP contribution in [0.15, 0.2) is 70.6 Å². The molecular weight excluding hydrogens is 358 g/mol. The molecule has 0 amide bonds. The summed E-state index contributed by atoms with van der Waals surface area (Å²) < 4.78 is 16.0. The molecule has 0 aromatic heterocycles. The molecule has 144 valence electrons. The average Bonchev–Trinajstić information content (AvgIpc) is 3.00. The minimum atomic E-state index is -0.621. The molecule has 3 rings (SSSR count). The van der Waals surface area contributed by atoms with Crippen molar-refractivity contribution in [3.05, 3.63) is 76.7 Å². The number of carbonyl (C=O) groups excluding carboxylic acids is 1. The molecule has 0 unspecified atom stereocenters. The van der Waals surface area contributed by atoms with Gasteiger partial charge in [-0.1, -0.05) is 36.4 Å². The molecule has 1 N–H and O–H groups in total. The van der Waals surface area contributed by atoms with E-state index >= 15 is 0 Å². The van der Waals surface area contributed by atoms with Crippen LogP contribution in [-0.2, 0) is 16.1 Å². The Kier molecular flexibility index (Phi) is 5.79. The fourth-order valence-electron chi connectivity index (χ4n) is 2.82. The molecule has 1 aliphatic rings. The van der Waals surface area contributed by atoms with Crippen molar-refractivity contribution in [2.24, 2.45) is 4.99 Å². The van der Waals surface area contributed by atoms with Crippen LogP contribution in [0, 0.1) is 0 Å². The highest BCUT2D eigenvalue weighted by atomic mass is 16.5. The van der Waals surface area contributed by atoms with E-state index in [0.717, 1.165) is 11.1 Å². The van der Waals surface area contributed by atoms with Gasteiger partial charge in [-0.2, -0.15) is 0 Å². The number of benzene rings is 2. The summed E-state index contributed by atoms with van der Waals surface area (Å²) in [7, 11) is 2.82. The van der Waals surface area contributed by atoms with Crippen molar-refractivity contribution < 1.29 is 24.1 Å². The standard InChI is InChI=1S/C22H21NO5/c1-14-20(22(25)27-3)21(24)17(23-14)11-16-9-10-18(19(12-16)26-2)28-13-15-7-5-4-6-8-15/h4-12,24H,13H2,1-3H3/b17-11+. The number of aliphatic hydroxyl groups is 1. The molecule has 6 heteroatoms. The summed E-state index contributed by atoms with van der Waals surface area (Å²) in [5.74, 6) is 0.340. The van der Waals surface area contributed by atoms with E-state index in [1.165, 1.54) is 7.11 Å². The average molecular weight is 379 g/mol. The van der Waals surface area contributed by atoms with Gasteiger partial charge in [0.05, 0.1) is 19.9 Å². The van der Waals surface area contributed by atoms with Crippen LogP contribution in [0.25, 0.3) is 6.08 Å². The van der Waals surface area contributed by atoms with Gasteiger partial charge < -0.3 is 19.3 Å². The van der Waals surface area contributed by atoms with E-state index in [-0.39, 0.29) is 17.0 Å². The summed E-state index contributed by atoms with van der Waals surface area (Å²) in [5, 5.41) is 10.3. The molecule has 6 nitrogen and oxygen atoms in total. The predicted molar refractivity (Wildman–Crippen MR) is 107 cm³/mol. The zero-order valence-electron chi connectivity index (χ0n) is 15.9. The lowest BCUT2D eigenvalue weighted by Gasteiger charge is -2.11. The third-order valence-electron chi connectivity index (χ3n) is 4.25. The molecule has 28 heavy (non-hydrogen) atoms. The van der Waals surface area contributed by atoms with E-state index < -0.39 is 5.97 Å². The topological polar surface area (TPSA) is 77.4 Å². The number of carbonyl (C=O) groups is 1.